The summed E-state index contributed by atoms with van der Waals surface area (Å²) in [6.45, 7) is 3.32. The number of nitrogens with zero attached hydrogens (tertiary/aromatic N) is 1. The lowest BCUT2D eigenvalue weighted by molar-refractivity contribution is 0.0955. The van der Waals surface area contributed by atoms with Crippen LogP contribution in [0.1, 0.15) is 34.8 Å². The first-order valence-electron chi connectivity index (χ1n) is 10.1. The summed E-state index contributed by atoms with van der Waals surface area (Å²) in [4.78, 5) is 11.9. The van der Waals surface area contributed by atoms with Crippen LogP contribution in [0.3, 0.4) is 0 Å². The first-order valence-corrected chi connectivity index (χ1v) is 10.1. The van der Waals surface area contributed by atoms with Crippen LogP contribution < -0.4 is 14.9 Å². The first-order chi connectivity index (χ1) is 14.7. The summed E-state index contributed by atoms with van der Waals surface area (Å²) in [5.41, 5.74) is 5.26. The van der Waals surface area contributed by atoms with Crippen molar-refractivity contribution < 1.29 is 14.3 Å². The lowest BCUT2D eigenvalue weighted by atomic mass is 10.2. The second kappa shape index (κ2) is 11.4. The molecular weight excluding hydrogens is 376 g/mol. The molecule has 0 atom stereocenters. The van der Waals surface area contributed by atoms with Gasteiger partial charge in [-0.05, 0) is 66.1 Å². The summed E-state index contributed by atoms with van der Waals surface area (Å²) in [5, 5.41) is 3.99. The van der Waals surface area contributed by atoms with Crippen molar-refractivity contribution >= 4 is 12.1 Å². The molecule has 5 heteroatoms. The summed E-state index contributed by atoms with van der Waals surface area (Å²) >= 11 is 0. The van der Waals surface area contributed by atoms with Crippen molar-refractivity contribution in [1.29, 1.82) is 0 Å². The molecule has 154 valence electrons. The van der Waals surface area contributed by atoms with Crippen LogP contribution in [0, 0.1) is 0 Å². The average molecular weight is 402 g/mol. The molecule has 1 N–H and O–H groups in total. The van der Waals surface area contributed by atoms with E-state index in [-0.39, 0.29) is 5.91 Å². The number of carbonyl (C=O) groups is 1. The first kappa shape index (κ1) is 21.1. The highest BCUT2D eigenvalue weighted by Gasteiger charge is 2.01. The Balaban J connectivity index is 1.35. The lowest BCUT2D eigenvalue weighted by Gasteiger charge is -2.08. The van der Waals surface area contributed by atoms with Gasteiger partial charge in [-0.1, -0.05) is 37.3 Å². The largest absolute Gasteiger partial charge is 0.493 e. The predicted octanol–water partition coefficient (Wildman–Crippen LogP) is 4.86. The zero-order valence-corrected chi connectivity index (χ0v) is 17.1. The highest BCUT2D eigenvalue weighted by Crippen LogP contribution is 2.14. The van der Waals surface area contributed by atoms with Gasteiger partial charge in [0.25, 0.3) is 5.91 Å². The van der Waals surface area contributed by atoms with E-state index in [1.165, 1.54) is 5.56 Å². The van der Waals surface area contributed by atoms with Gasteiger partial charge in [-0.3, -0.25) is 4.79 Å². The molecule has 0 aromatic heterocycles. The minimum absolute atomic E-state index is 0.240. The van der Waals surface area contributed by atoms with E-state index in [0.29, 0.717) is 18.8 Å². The number of rotatable bonds is 10. The summed E-state index contributed by atoms with van der Waals surface area (Å²) in [5.74, 6) is 1.43. The maximum Gasteiger partial charge on any atom is 0.271 e. The monoisotopic (exact) mass is 402 g/mol. The summed E-state index contributed by atoms with van der Waals surface area (Å²) in [6, 6.07) is 24.7. The van der Waals surface area contributed by atoms with Crippen LogP contribution in [0.15, 0.2) is 84.0 Å². The fourth-order valence-electron chi connectivity index (χ4n) is 2.73. The van der Waals surface area contributed by atoms with E-state index in [1.807, 2.05) is 54.6 Å². The molecule has 0 bridgehead atoms. The van der Waals surface area contributed by atoms with Crippen molar-refractivity contribution in [3.63, 3.8) is 0 Å². The Bertz CT molecular complexity index is 936. The van der Waals surface area contributed by atoms with Gasteiger partial charge >= 0.3 is 0 Å². The lowest BCUT2D eigenvalue weighted by Crippen LogP contribution is -2.17. The van der Waals surface area contributed by atoms with Crippen LogP contribution in [0.5, 0.6) is 11.5 Å². The number of carbonyl (C=O) groups excluding carboxylic acids is 1. The van der Waals surface area contributed by atoms with E-state index >= 15 is 0 Å². The molecule has 0 heterocycles. The van der Waals surface area contributed by atoms with Gasteiger partial charge in [0.05, 0.1) is 19.4 Å². The van der Waals surface area contributed by atoms with Crippen molar-refractivity contribution in [1.82, 2.24) is 5.43 Å². The standard InChI is InChI=1S/C25H26N2O3/c1-2-20-9-13-23(14-10-20)29-17-6-18-30-24-15-11-21(12-16-24)19-26-27-25(28)22-7-4-3-5-8-22/h3-5,7-16,19H,2,6,17-18H2,1H3,(H,27,28)/b26-19-. The normalized spacial score (nSPS) is 10.7. The topological polar surface area (TPSA) is 59.9 Å². The van der Waals surface area contributed by atoms with Gasteiger partial charge in [0.2, 0.25) is 0 Å². The quantitative estimate of drug-likeness (QED) is 0.299. The van der Waals surface area contributed by atoms with Gasteiger partial charge < -0.3 is 9.47 Å². The van der Waals surface area contributed by atoms with Crippen LogP contribution >= 0.6 is 0 Å². The van der Waals surface area contributed by atoms with Gasteiger partial charge in [0.1, 0.15) is 11.5 Å². The third-order valence-corrected chi connectivity index (χ3v) is 4.45. The molecule has 3 aromatic carbocycles. The molecule has 0 saturated carbocycles. The fourth-order valence-corrected chi connectivity index (χ4v) is 2.73. The van der Waals surface area contributed by atoms with E-state index in [4.69, 9.17) is 9.47 Å². The van der Waals surface area contributed by atoms with Gasteiger partial charge in [0, 0.05) is 12.0 Å². The second-order valence-electron chi connectivity index (χ2n) is 6.68. The predicted molar refractivity (Wildman–Crippen MR) is 119 cm³/mol. The minimum atomic E-state index is -0.240. The maximum atomic E-state index is 11.9. The Hall–Kier alpha value is -3.60. The molecule has 0 spiro atoms. The highest BCUT2D eigenvalue weighted by atomic mass is 16.5. The Morgan fingerprint density at radius 3 is 2.07 bits per heavy atom. The molecule has 30 heavy (non-hydrogen) atoms. The van der Waals surface area contributed by atoms with Crippen LogP contribution in [0.25, 0.3) is 0 Å². The molecule has 3 aromatic rings. The summed E-state index contributed by atoms with van der Waals surface area (Å²) in [7, 11) is 0. The molecule has 0 aliphatic heterocycles. The summed E-state index contributed by atoms with van der Waals surface area (Å²) < 4.78 is 11.5. The third kappa shape index (κ3) is 6.78. The number of hydrogen-bond acceptors (Lipinski definition) is 4. The number of ether oxygens (including phenoxy) is 2. The number of hydrogen-bond donors (Lipinski definition) is 1. The Kier molecular flexibility index (Phi) is 8.03. The van der Waals surface area contributed by atoms with Gasteiger partial charge in [-0.2, -0.15) is 5.10 Å². The maximum absolute atomic E-state index is 11.9. The van der Waals surface area contributed by atoms with Gasteiger partial charge in [-0.25, -0.2) is 5.43 Å². The van der Waals surface area contributed by atoms with Crippen LogP contribution in [-0.4, -0.2) is 25.3 Å². The Morgan fingerprint density at radius 1 is 0.867 bits per heavy atom. The molecule has 3 rings (SSSR count). The van der Waals surface area contributed by atoms with Crippen LogP contribution in [-0.2, 0) is 6.42 Å². The number of nitrogens with one attached hydrogen (secondary N) is 1. The van der Waals surface area contributed by atoms with Crippen LogP contribution in [0.4, 0.5) is 0 Å². The van der Waals surface area contributed by atoms with E-state index in [0.717, 1.165) is 29.9 Å². The Labute approximate surface area is 177 Å². The Morgan fingerprint density at radius 2 is 1.47 bits per heavy atom. The van der Waals surface area contributed by atoms with Gasteiger partial charge in [0.15, 0.2) is 0 Å². The van der Waals surface area contributed by atoms with E-state index in [2.05, 4.69) is 29.6 Å². The third-order valence-electron chi connectivity index (χ3n) is 4.45. The number of amides is 1. The molecule has 0 fully saturated rings. The molecule has 0 aliphatic rings. The number of aryl methyl sites for hydroxylation is 1. The molecular formula is C25H26N2O3. The molecule has 0 radical (unpaired) electrons. The highest BCUT2D eigenvalue weighted by molar-refractivity contribution is 5.94. The minimum Gasteiger partial charge on any atom is -0.493 e. The molecule has 0 aliphatic carbocycles. The smallest absolute Gasteiger partial charge is 0.271 e. The van der Waals surface area contributed by atoms with Crippen LogP contribution in [0.2, 0.25) is 0 Å². The molecule has 1 amide bonds. The van der Waals surface area contributed by atoms with Gasteiger partial charge in [-0.15, -0.1) is 0 Å². The van der Waals surface area contributed by atoms with Crippen molar-refractivity contribution in [3.8, 4) is 11.5 Å². The van der Waals surface area contributed by atoms with Crippen molar-refractivity contribution in [2.75, 3.05) is 13.2 Å². The zero-order valence-electron chi connectivity index (χ0n) is 17.1. The number of hydrazone groups is 1. The summed E-state index contributed by atoms with van der Waals surface area (Å²) in [6.07, 6.45) is 3.42. The zero-order chi connectivity index (χ0) is 21.0. The van der Waals surface area contributed by atoms with Crippen molar-refractivity contribution in [2.45, 2.75) is 19.8 Å². The average Bonchev–Trinajstić information content (AvgIpc) is 2.81. The van der Waals surface area contributed by atoms with Crippen molar-refractivity contribution in [2.24, 2.45) is 5.10 Å². The number of benzene rings is 3. The molecule has 0 saturated heterocycles. The van der Waals surface area contributed by atoms with E-state index in [9.17, 15) is 4.79 Å². The molecule has 0 unspecified atom stereocenters. The second-order valence-corrected chi connectivity index (χ2v) is 6.68. The molecule has 5 nitrogen and oxygen atoms in total. The SMILES string of the molecule is CCc1ccc(OCCCOc2ccc(/C=N\NC(=O)c3ccccc3)cc2)cc1. The van der Waals surface area contributed by atoms with E-state index < -0.39 is 0 Å². The van der Waals surface area contributed by atoms with Crippen molar-refractivity contribution in [3.05, 3.63) is 95.6 Å². The van der Waals surface area contributed by atoms with E-state index in [1.54, 1.807) is 18.3 Å². The fraction of sp³-hybridized carbons (Fsp3) is 0.200.